The van der Waals surface area contributed by atoms with Gasteiger partial charge in [-0.25, -0.2) is 21.6 Å². The van der Waals surface area contributed by atoms with E-state index in [1.807, 2.05) is 32.8 Å². The maximum atomic E-state index is 14.1. The SMILES string of the molecule is CCCC[C@]1(CC)CS(=O)(=O)c2ccc(N(C)C)cc2[C@H](c2cccc(NC(=O)N[C@@H]3OC(COS(=O)(=O)O)[C@@H](OS(=O)(=O)O)[C@H](OCc4ccccc4)[C@H]3O)c2)[C@@H]1O. The van der Waals surface area contributed by atoms with Crippen molar-refractivity contribution in [3.05, 3.63) is 89.5 Å². The predicted octanol–water partition coefficient (Wildman–Crippen LogP) is 3.42. The van der Waals surface area contributed by atoms with E-state index >= 15 is 0 Å². The van der Waals surface area contributed by atoms with Crippen LogP contribution in [0.5, 0.6) is 0 Å². The van der Waals surface area contributed by atoms with Crippen LogP contribution in [-0.2, 0) is 55.1 Å². The Hall–Kier alpha value is -3.74. The van der Waals surface area contributed by atoms with Gasteiger partial charge in [0.2, 0.25) is 0 Å². The van der Waals surface area contributed by atoms with Gasteiger partial charge in [-0.2, -0.15) is 16.8 Å². The minimum absolute atomic E-state index is 0.103. The fourth-order valence-electron chi connectivity index (χ4n) is 7.66. The number of hydrogen-bond donors (Lipinski definition) is 6. The molecule has 2 aliphatic heterocycles. The van der Waals surface area contributed by atoms with Crippen LogP contribution in [0.25, 0.3) is 0 Å². The van der Waals surface area contributed by atoms with Gasteiger partial charge in [-0.1, -0.05) is 69.2 Å². The summed E-state index contributed by atoms with van der Waals surface area (Å²) in [7, 11) is -10.7. The first-order chi connectivity index (χ1) is 27.7. The van der Waals surface area contributed by atoms with Gasteiger partial charge < -0.3 is 35.2 Å². The smallest absolute Gasteiger partial charge is 0.392 e. The quantitative estimate of drug-likeness (QED) is 0.113. The maximum Gasteiger partial charge on any atom is 0.397 e. The highest BCUT2D eigenvalue weighted by Gasteiger charge is 2.51. The molecule has 326 valence electrons. The zero-order valence-corrected chi connectivity index (χ0v) is 35.3. The van der Waals surface area contributed by atoms with Crippen molar-refractivity contribution in [3.63, 3.8) is 0 Å². The molecule has 0 aliphatic carbocycles. The van der Waals surface area contributed by atoms with Gasteiger partial charge in [-0.05, 0) is 59.9 Å². The van der Waals surface area contributed by atoms with Gasteiger partial charge in [-0.15, -0.1) is 0 Å². The van der Waals surface area contributed by atoms with Crippen LogP contribution in [0.15, 0.2) is 77.7 Å². The predicted molar refractivity (Wildman–Crippen MR) is 215 cm³/mol. The Morgan fingerprint density at radius 1 is 0.949 bits per heavy atom. The van der Waals surface area contributed by atoms with Crippen molar-refractivity contribution in [1.82, 2.24) is 5.32 Å². The molecule has 5 rings (SSSR count). The third-order valence-corrected chi connectivity index (χ3v) is 13.6. The molecule has 0 saturated carbocycles. The van der Waals surface area contributed by atoms with Crippen molar-refractivity contribution in [2.24, 2.45) is 5.41 Å². The molecular formula is C38H51N3O15S3. The fraction of sp³-hybridized carbons (Fsp3) is 0.500. The normalized spacial score (nSPS) is 26.9. The number of nitrogens with one attached hydrogen (secondary N) is 2. The van der Waals surface area contributed by atoms with Gasteiger partial charge in [-0.3, -0.25) is 9.11 Å². The third kappa shape index (κ3) is 11.6. The van der Waals surface area contributed by atoms with Gasteiger partial charge >= 0.3 is 26.8 Å². The van der Waals surface area contributed by atoms with Crippen LogP contribution in [0, 0.1) is 5.41 Å². The number of nitrogens with zero attached hydrogens (tertiary/aromatic N) is 1. The number of carbonyl (C=O) groups is 1. The summed E-state index contributed by atoms with van der Waals surface area (Å²) in [6.45, 7) is 2.50. The summed E-state index contributed by atoms with van der Waals surface area (Å²) < 4.78 is 114. The van der Waals surface area contributed by atoms with Gasteiger partial charge in [0.25, 0.3) is 0 Å². The van der Waals surface area contributed by atoms with Crippen molar-refractivity contribution in [2.45, 2.75) is 93.7 Å². The largest absolute Gasteiger partial charge is 0.397 e. The molecule has 3 aromatic carbocycles. The summed E-state index contributed by atoms with van der Waals surface area (Å²) in [5.41, 5.74) is 1.35. The Kier molecular flexibility index (Phi) is 14.8. The minimum atomic E-state index is -5.29. The molecule has 0 radical (unpaired) electrons. The Morgan fingerprint density at radius 2 is 1.66 bits per heavy atom. The second-order valence-electron chi connectivity index (χ2n) is 14.9. The van der Waals surface area contributed by atoms with Crippen molar-refractivity contribution in [3.8, 4) is 0 Å². The van der Waals surface area contributed by atoms with Gasteiger partial charge in [0.05, 0.1) is 30.0 Å². The number of unbranched alkanes of at least 4 members (excludes halogenated alkanes) is 1. The molecule has 1 saturated heterocycles. The van der Waals surface area contributed by atoms with E-state index in [0.717, 1.165) is 6.42 Å². The Bertz CT molecular complexity index is 2260. The first-order valence-electron chi connectivity index (χ1n) is 18.8. The highest BCUT2D eigenvalue weighted by molar-refractivity contribution is 7.91. The molecular weight excluding hydrogens is 835 g/mol. The summed E-state index contributed by atoms with van der Waals surface area (Å²) in [5.74, 6) is -1.10. The number of sulfone groups is 1. The van der Waals surface area contributed by atoms with Crippen LogP contribution in [-0.4, -0.2) is 114 Å². The van der Waals surface area contributed by atoms with Crippen LogP contribution in [0.1, 0.15) is 62.1 Å². The van der Waals surface area contributed by atoms with Crippen LogP contribution in [0.3, 0.4) is 0 Å². The molecule has 21 heteroatoms. The van der Waals surface area contributed by atoms with E-state index in [0.29, 0.717) is 41.6 Å². The summed E-state index contributed by atoms with van der Waals surface area (Å²) in [4.78, 5) is 15.5. The van der Waals surface area contributed by atoms with Gasteiger partial charge in [0.15, 0.2) is 16.1 Å². The first-order valence-corrected chi connectivity index (χ1v) is 23.2. The van der Waals surface area contributed by atoms with E-state index in [1.165, 1.54) is 6.07 Å². The first kappa shape index (κ1) is 46.3. The molecule has 0 spiro atoms. The summed E-state index contributed by atoms with van der Waals surface area (Å²) in [6.07, 6.45) is -8.01. The number of aliphatic hydroxyl groups is 2. The lowest BCUT2D eigenvalue weighted by Crippen LogP contribution is -2.65. The topological polar surface area (TPSA) is 265 Å². The molecule has 18 nitrogen and oxygen atoms in total. The highest BCUT2D eigenvalue weighted by Crippen LogP contribution is 2.49. The second-order valence-corrected chi connectivity index (χ2v) is 19.0. The molecule has 0 aromatic heterocycles. The molecule has 59 heavy (non-hydrogen) atoms. The maximum absolute atomic E-state index is 14.1. The molecule has 0 bridgehead atoms. The molecule has 1 fully saturated rings. The molecule has 1 unspecified atom stereocenters. The molecule has 2 heterocycles. The second kappa shape index (κ2) is 18.9. The minimum Gasteiger partial charge on any atom is -0.392 e. The number of ether oxygens (including phenoxy) is 2. The number of hydrogen-bond acceptors (Lipinski definition) is 14. The lowest BCUT2D eigenvalue weighted by Gasteiger charge is -2.43. The van der Waals surface area contributed by atoms with E-state index in [4.69, 9.17) is 13.7 Å². The van der Waals surface area contributed by atoms with E-state index < -0.39 is 91.4 Å². The average molecular weight is 886 g/mol. The zero-order chi connectivity index (χ0) is 43.3. The number of urea groups is 1. The Balaban J connectivity index is 1.47. The summed E-state index contributed by atoms with van der Waals surface area (Å²) >= 11 is 0. The van der Waals surface area contributed by atoms with Gasteiger partial charge in [0.1, 0.15) is 24.4 Å². The lowest BCUT2D eigenvalue weighted by molar-refractivity contribution is -0.240. The third-order valence-electron chi connectivity index (χ3n) is 10.7. The number of aliphatic hydroxyl groups excluding tert-OH is 2. The van der Waals surface area contributed by atoms with E-state index in [2.05, 4.69) is 14.8 Å². The molecule has 2 aliphatic rings. The van der Waals surface area contributed by atoms with E-state index in [9.17, 15) is 49.4 Å². The standard InChI is InChI=1S/C38H51N3O15S3/c1-5-7-18-38(6-2)23-57(45,46)30-17-16-27(41(3)4)20-28(30)31(35(38)43)25-14-11-15-26(19-25)39-37(44)40-36-32(42)34(53-21-24-12-9-8-10-13-24)33(56-59(50,51)52)29(55-36)22-54-58(47,48)49/h8-17,19-20,29,31-36,42-43H,5-7,18,21-23H2,1-4H3,(H2,39,40,44)(H,47,48,49)(H,50,51,52)/t29?,31-,32+,33+,34+,35-,36+,38+/m0/s1. The lowest BCUT2D eigenvalue weighted by atomic mass is 9.69. The van der Waals surface area contributed by atoms with Crippen LogP contribution in [0.2, 0.25) is 0 Å². The van der Waals surface area contributed by atoms with Crippen molar-refractivity contribution in [2.75, 3.05) is 36.7 Å². The van der Waals surface area contributed by atoms with E-state index in [-0.39, 0.29) is 22.9 Å². The molecule has 2 amide bonds. The number of fused-ring (bicyclic) bond motifs is 1. The van der Waals surface area contributed by atoms with Crippen molar-refractivity contribution >= 4 is 48.0 Å². The van der Waals surface area contributed by atoms with E-state index in [1.54, 1.807) is 66.7 Å². The molecule has 6 N–H and O–H groups in total. The highest BCUT2D eigenvalue weighted by atomic mass is 32.3. The number of anilines is 2. The number of amides is 2. The van der Waals surface area contributed by atoms with Gasteiger partial charge in [0, 0.05) is 36.8 Å². The molecule has 3 aromatic rings. The summed E-state index contributed by atoms with van der Waals surface area (Å²) in [6, 6.07) is 18.9. The summed E-state index contributed by atoms with van der Waals surface area (Å²) in [5, 5.41) is 28.8. The Morgan fingerprint density at radius 3 is 2.29 bits per heavy atom. The number of carbonyl (C=O) groups excluding carboxylic acids is 1. The van der Waals surface area contributed by atoms with Crippen molar-refractivity contribution < 1.29 is 67.2 Å². The molecule has 8 atom stereocenters. The number of rotatable bonds is 16. The van der Waals surface area contributed by atoms with Crippen LogP contribution < -0.4 is 15.5 Å². The average Bonchev–Trinajstić information content (AvgIpc) is 3.23. The monoisotopic (exact) mass is 885 g/mol. The Labute approximate surface area is 344 Å². The fourth-order valence-corrected chi connectivity index (χ4v) is 10.7. The van der Waals surface area contributed by atoms with Crippen LogP contribution >= 0.6 is 0 Å². The van der Waals surface area contributed by atoms with Crippen molar-refractivity contribution in [1.29, 1.82) is 0 Å². The number of benzene rings is 3. The zero-order valence-electron chi connectivity index (χ0n) is 32.9. The van der Waals surface area contributed by atoms with Crippen LogP contribution in [0.4, 0.5) is 16.2 Å².